The second-order valence-corrected chi connectivity index (χ2v) is 10.3. The zero-order valence-corrected chi connectivity index (χ0v) is 19.1. The molecule has 2 fully saturated rings. The molecule has 0 N–H and O–H groups in total. The maximum Gasteiger partial charge on any atom is 0.222 e. The molecule has 0 bridgehead atoms. The lowest BCUT2D eigenvalue weighted by Gasteiger charge is -2.49. The fourth-order valence-electron chi connectivity index (χ4n) is 5.29. The molecule has 3 aliphatic heterocycles. The second-order valence-electron chi connectivity index (χ2n) is 9.06. The highest BCUT2D eigenvalue weighted by molar-refractivity contribution is 7.12. The Morgan fingerprint density at radius 3 is 2.97 bits per heavy atom. The molecule has 1 aromatic heterocycles. The standard InChI is InChI=1S/C23H36N2O3S/c1-4-19-12-20-21(29-19)7-11-28-23(20)8-9-24(17(2)13-23)14-18-15-25(16-18)22(26)6-5-10-27-3/h12,17-18H,4-11,13-16H2,1-3H3/t17-,23+/m0/s1. The average Bonchev–Trinajstić information content (AvgIpc) is 3.11. The normalized spacial score (nSPS) is 27.8. The molecule has 0 saturated carbocycles. The number of likely N-dealkylation sites (tertiary alicyclic amines) is 2. The van der Waals surface area contributed by atoms with Gasteiger partial charge in [-0.2, -0.15) is 0 Å². The first-order chi connectivity index (χ1) is 14.0. The Bertz CT molecular complexity index is 715. The molecule has 1 spiro atoms. The molecule has 0 aromatic carbocycles. The number of methoxy groups -OCH3 is 1. The van der Waals surface area contributed by atoms with Gasteiger partial charge < -0.3 is 19.3 Å². The van der Waals surface area contributed by atoms with Crippen LogP contribution in [0.25, 0.3) is 0 Å². The zero-order chi connectivity index (χ0) is 20.4. The van der Waals surface area contributed by atoms with Crippen molar-refractivity contribution in [2.24, 2.45) is 5.92 Å². The minimum Gasteiger partial charge on any atom is -0.385 e. The summed E-state index contributed by atoms with van der Waals surface area (Å²) in [6.45, 7) is 10.2. The van der Waals surface area contributed by atoms with Gasteiger partial charge in [0.15, 0.2) is 0 Å². The molecule has 5 nitrogen and oxygen atoms in total. The van der Waals surface area contributed by atoms with Crippen LogP contribution in [0.5, 0.6) is 0 Å². The van der Waals surface area contributed by atoms with E-state index in [0.717, 1.165) is 64.9 Å². The van der Waals surface area contributed by atoms with Gasteiger partial charge in [0.2, 0.25) is 5.91 Å². The van der Waals surface area contributed by atoms with Gasteiger partial charge in [-0.15, -0.1) is 11.3 Å². The Morgan fingerprint density at radius 1 is 1.41 bits per heavy atom. The molecule has 6 heteroatoms. The van der Waals surface area contributed by atoms with Crippen molar-refractivity contribution < 1.29 is 14.3 Å². The molecule has 4 rings (SSSR count). The van der Waals surface area contributed by atoms with Crippen LogP contribution in [0.3, 0.4) is 0 Å². The fourth-order valence-corrected chi connectivity index (χ4v) is 6.47. The lowest BCUT2D eigenvalue weighted by atomic mass is 9.79. The number of nitrogens with zero attached hydrogens (tertiary/aromatic N) is 2. The highest BCUT2D eigenvalue weighted by Gasteiger charge is 2.45. The number of carbonyl (C=O) groups is 1. The van der Waals surface area contributed by atoms with Crippen LogP contribution >= 0.6 is 11.3 Å². The van der Waals surface area contributed by atoms with Crippen LogP contribution in [0.15, 0.2) is 6.07 Å². The molecule has 0 unspecified atom stereocenters. The van der Waals surface area contributed by atoms with Crippen molar-refractivity contribution in [2.45, 2.75) is 64.0 Å². The van der Waals surface area contributed by atoms with E-state index in [2.05, 4.69) is 24.8 Å². The molecule has 29 heavy (non-hydrogen) atoms. The van der Waals surface area contributed by atoms with Crippen molar-refractivity contribution in [2.75, 3.05) is 46.5 Å². The van der Waals surface area contributed by atoms with Gasteiger partial charge in [0.25, 0.3) is 0 Å². The number of aryl methyl sites for hydroxylation is 1. The van der Waals surface area contributed by atoms with Gasteiger partial charge in [0.1, 0.15) is 0 Å². The Hall–Kier alpha value is -0.950. The van der Waals surface area contributed by atoms with Crippen molar-refractivity contribution in [1.82, 2.24) is 9.80 Å². The number of hydrogen-bond donors (Lipinski definition) is 0. The summed E-state index contributed by atoms with van der Waals surface area (Å²) in [5.74, 6) is 0.907. The first-order valence-electron chi connectivity index (χ1n) is 11.3. The van der Waals surface area contributed by atoms with Crippen LogP contribution in [0.2, 0.25) is 0 Å². The number of hydrogen-bond acceptors (Lipinski definition) is 5. The minimum atomic E-state index is -0.0591. The highest BCUT2D eigenvalue weighted by atomic mass is 32.1. The second kappa shape index (κ2) is 9.04. The Morgan fingerprint density at radius 2 is 2.24 bits per heavy atom. The predicted octanol–water partition coefficient (Wildman–Crippen LogP) is 3.45. The lowest BCUT2D eigenvalue weighted by Crippen LogP contribution is -2.57. The summed E-state index contributed by atoms with van der Waals surface area (Å²) >= 11 is 2.00. The van der Waals surface area contributed by atoms with Gasteiger partial charge in [0, 0.05) is 74.5 Å². The largest absolute Gasteiger partial charge is 0.385 e. The smallest absolute Gasteiger partial charge is 0.222 e. The van der Waals surface area contributed by atoms with Gasteiger partial charge in [-0.25, -0.2) is 0 Å². The van der Waals surface area contributed by atoms with Crippen LogP contribution in [0.4, 0.5) is 0 Å². The van der Waals surface area contributed by atoms with E-state index >= 15 is 0 Å². The number of rotatable bonds is 7. The molecular formula is C23H36N2O3S. The fraction of sp³-hybridized carbons (Fsp3) is 0.783. The van der Waals surface area contributed by atoms with Gasteiger partial charge in [-0.1, -0.05) is 6.92 Å². The van der Waals surface area contributed by atoms with Crippen molar-refractivity contribution in [1.29, 1.82) is 0 Å². The summed E-state index contributed by atoms with van der Waals surface area (Å²) in [5.41, 5.74) is 1.43. The number of piperidine rings is 1. The van der Waals surface area contributed by atoms with E-state index < -0.39 is 0 Å². The van der Waals surface area contributed by atoms with Crippen molar-refractivity contribution >= 4 is 17.2 Å². The Labute approximate surface area is 179 Å². The first kappa shape index (κ1) is 21.3. The number of amides is 1. The number of fused-ring (bicyclic) bond motifs is 2. The molecule has 162 valence electrons. The summed E-state index contributed by atoms with van der Waals surface area (Å²) in [6, 6.07) is 2.95. The van der Waals surface area contributed by atoms with E-state index in [-0.39, 0.29) is 11.5 Å². The molecular weight excluding hydrogens is 384 g/mol. The summed E-state index contributed by atoms with van der Waals surface area (Å²) < 4.78 is 11.5. The average molecular weight is 421 g/mol. The minimum absolute atomic E-state index is 0.0591. The van der Waals surface area contributed by atoms with E-state index in [1.54, 1.807) is 12.0 Å². The van der Waals surface area contributed by atoms with Crippen LogP contribution in [-0.4, -0.2) is 68.3 Å². The van der Waals surface area contributed by atoms with Crippen molar-refractivity contribution in [3.05, 3.63) is 21.4 Å². The summed E-state index contributed by atoms with van der Waals surface area (Å²) in [7, 11) is 1.69. The molecule has 2 atom stereocenters. The first-order valence-corrected chi connectivity index (χ1v) is 12.1. The van der Waals surface area contributed by atoms with E-state index in [1.165, 1.54) is 10.4 Å². The number of ether oxygens (including phenoxy) is 2. The third-order valence-electron chi connectivity index (χ3n) is 7.00. The predicted molar refractivity (Wildman–Crippen MR) is 116 cm³/mol. The van der Waals surface area contributed by atoms with E-state index in [0.29, 0.717) is 25.0 Å². The molecule has 0 radical (unpaired) electrons. The Balaban J connectivity index is 1.29. The third-order valence-corrected chi connectivity index (χ3v) is 8.34. The quantitative estimate of drug-likeness (QED) is 0.634. The molecule has 3 aliphatic rings. The summed E-state index contributed by atoms with van der Waals surface area (Å²) in [5, 5.41) is 0. The van der Waals surface area contributed by atoms with Gasteiger partial charge in [-0.3, -0.25) is 4.79 Å². The molecule has 2 saturated heterocycles. The lowest BCUT2D eigenvalue weighted by molar-refractivity contribution is -0.140. The molecule has 0 aliphatic carbocycles. The van der Waals surface area contributed by atoms with Crippen LogP contribution < -0.4 is 0 Å². The maximum absolute atomic E-state index is 12.2. The highest BCUT2D eigenvalue weighted by Crippen LogP contribution is 2.46. The zero-order valence-electron chi connectivity index (χ0n) is 18.2. The van der Waals surface area contributed by atoms with Crippen molar-refractivity contribution in [3.63, 3.8) is 0 Å². The Kier molecular flexibility index (Phi) is 6.64. The SMILES string of the molecule is CCc1cc2c(s1)CCO[C@@]21CCN(CC2CN(C(=O)CCCOC)C2)[C@@H](C)C1. The molecule has 1 aromatic rings. The monoisotopic (exact) mass is 420 g/mol. The molecule has 4 heterocycles. The topological polar surface area (TPSA) is 42.0 Å². The number of carbonyl (C=O) groups excluding carboxylic acids is 1. The summed E-state index contributed by atoms with van der Waals surface area (Å²) in [6.07, 6.45) is 5.83. The van der Waals surface area contributed by atoms with Crippen LogP contribution in [0, 0.1) is 5.92 Å². The van der Waals surface area contributed by atoms with Crippen molar-refractivity contribution in [3.8, 4) is 0 Å². The van der Waals surface area contributed by atoms with Crippen LogP contribution in [0.1, 0.15) is 54.8 Å². The van der Waals surface area contributed by atoms with Gasteiger partial charge in [0.05, 0.1) is 12.2 Å². The van der Waals surface area contributed by atoms with E-state index in [1.807, 2.05) is 16.2 Å². The van der Waals surface area contributed by atoms with Gasteiger partial charge >= 0.3 is 0 Å². The summed E-state index contributed by atoms with van der Waals surface area (Å²) in [4.78, 5) is 19.9. The van der Waals surface area contributed by atoms with Crippen LogP contribution in [-0.2, 0) is 32.7 Å². The molecule has 1 amide bonds. The van der Waals surface area contributed by atoms with E-state index in [4.69, 9.17) is 9.47 Å². The van der Waals surface area contributed by atoms with Gasteiger partial charge in [-0.05, 0) is 44.2 Å². The number of thiophene rings is 1. The van der Waals surface area contributed by atoms with E-state index in [9.17, 15) is 4.79 Å². The maximum atomic E-state index is 12.2. The third kappa shape index (κ3) is 4.41.